The SMILES string of the molecule is COc1ccc(C(=O)Nc2ccc(C)c(-c3cc4c(ccn4-c4cc(N)ncn4)cn3)c2)c(OC)c1. The Labute approximate surface area is 207 Å². The molecule has 0 unspecified atom stereocenters. The van der Waals surface area contributed by atoms with Gasteiger partial charge in [0.05, 0.1) is 31.0 Å². The molecule has 3 heterocycles. The second-order valence-corrected chi connectivity index (χ2v) is 8.17. The molecule has 0 fully saturated rings. The molecule has 36 heavy (non-hydrogen) atoms. The number of benzene rings is 2. The van der Waals surface area contributed by atoms with E-state index in [2.05, 4.69) is 20.3 Å². The van der Waals surface area contributed by atoms with Crippen molar-refractivity contribution >= 4 is 28.3 Å². The minimum atomic E-state index is -0.289. The van der Waals surface area contributed by atoms with E-state index in [9.17, 15) is 4.79 Å². The maximum atomic E-state index is 13.0. The minimum absolute atomic E-state index is 0.289. The van der Waals surface area contributed by atoms with Gasteiger partial charge in [-0.15, -0.1) is 0 Å². The maximum Gasteiger partial charge on any atom is 0.259 e. The quantitative estimate of drug-likeness (QED) is 0.363. The first kappa shape index (κ1) is 22.9. The number of amides is 1. The first-order chi connectivity index (χ1) is 17.5. The average Bonchev–Trinajstić information content (AvgIpc) is 3.32. The molecule has 0 spiro atoms. The molecule has 9 nitrogen and oxygen atoms in total. The number of nitrogens with zero attached hydrogens (tertiary/aromatic N) is 4. The fourth-order valence-corrected chi connectivity index (χ4v) is 4.03. The first-order valence-electron chi connectivity index (χ1n) is 11.2. The van der Waals surface area contributed by atoms with Gasteiger partial charge in [0.15, 0.2) is 0 Å². The number of nitrogens with two attached hydrogens (primary N) is 1. The third kappa shape index (κ3) is 4.29. The number of aryl methyl sites for hydroxylation is 1. The van der Waals surface area contributed by atoms with Crippen LogP contribution < -0.4 is 20.5 Å². The van der Waals surface area contributed by atoms with Crippen molar-refractivity contribution in [1.82, 2.24) is 19.5 Å². The average molecular weight is 481 g/mol. The molecule has 5 aromatic rings. The van der Waals surface area contributed by atoms with E-state index >= 15 is 0 Å². The van der Waals surface area contributed by atoms with Crippen LogP contribution in [-0.2, 0) is 0 Å². The first-order valence-corrected chi connectivity index (χ1v) is 11.2. The van der Waals surface area contributed by atoms with Crippen molar-refractivity contribution in [3.05, 3.63) is 84.4 Å². The predicted octanol–water partition coefficient (Wildman–Crippen LogP) is 4.64. The molecule has 3 N–H and O–H groups in total. The summed E-state index contributed by atoms with van der Waals surface area (Å²) in [5.41, 5.74) is 10.5. The number of fused-ring (bicyclic) bond motifs is 1. The molecule has 0 atom stereocenters. The third-order valence-electron chi connectivity index (χ3n) is 5.92. The number of anilines is 2. The van der Waals surface area contributed by atoms with Crippen LogP contribution in [0.25, 0.3) is 28.0 Å². The van der Waals surface area contributed by atoms with Crippen LogP contribution in [0.3, 0.4) is 0 Å². The van der Waals surface area contributed by atoms with Gasteiger partial charge in [-0.25, -0.2) is 9.97 Å². The van der Waals surface area contributed by atoms with E-state index in [0.717, 1.165) is 27.7 Å². The smallest absolute Gasteiger partial charge is 0.259 e. The second kappa shape index (κ2) is 9.38. The Balaban J connectivity index is 1.49. The number of hydrogen-bond donors (Lipinski definition) is 2. The minimum Gasteiger partial charge on any atom is -0.497 e. The Morgan fingerprint density at radius 2 is 1.83 bits per heavy atom. The number of nitrogens with one attached hydrogen (secondary N) is 1. The molecule has 0 aliphatic rings. The number of methoxy groups -OCH3 is 2. The van der Waals surface area contributed by atoms with E-state index in [-0.39, 0.29) is 5.91 Å². The summed E-state index contributed by atoms with van der Waals surface area (Å²) in [6.07, 6.45) is 5.18. The summed E-state index contributed by atoms with van der Waals surface area (Å²) < 4.78 is 12.5. The maximum absolute atomic E-state index is 13.0. The summed E-state index contributed by atoms with van der Waals surface area (Å²) >= 11 is 0. The number of ether oxygens (including phenoxy) is 2. The number of carbonyl (C=O) groups excluding carboxylic acids is 1. The van der Waals surface area contributed by atoms with Crippen LogP contribution in [0.2, 0.25) is 0 Å². The highest BCUT2D eigenvalue weighted by Gasteiger charge is 2.15. The Morgan fingerprint density at radius 3 is 2.61 bits per heavy atom. The largest absolute Gasteiger partial charge is 0.497 e. The molecule has 180 valence electrons. The van der Waals surface area contributed by atoms with Crippen molar-refractivity contribution in [2.75, 3.05) is 25.3 Å². The van der Waals surface area contributed by atoms with Gasteiger partial charge < -0.3 is 25.1 Å². The summed E-state index contributed by atoms with van der Waals surface area (Å²) in [6, 6.07) is 16.5. The van der Waals surface area contributed by atoms with E-state index in [1.807, 2.05) is 54.2 Å². The van der Waals surface area contributed by atoms with Crippen molar-refractivity contribution in [3.63, 3.8) is 0 Å². The third-order valence-corrected chi connectivity index (χ3v) is 5.92. The van der Waals surface area contributed by atoms with Crippen molar-refractivity contribution in [3.8, 4) is 28.6 Å². The van der Waals surface area contributed by atoms with Crippen molar-refractivity contribution in [2.45, 2.75) is 6.92 Å². The number of aromatic nitrogens is 4. The number of rotatable bonds is 6. The molecule has 0 radical (unpaired) electrons. The van der Waals surface area contributed by atoms with Crippen LogP contribution in [-0.4, -0.2) is 39.6 Å². The second-order valence-electron chi connectivity index (χ2n) is 8.17. The molecule has 0 aliphatic heterocycles. The highest BCUT2D eigenvalue weighted by molar-refractivity contribution is 6.06. The highest BCUT2D eigenvalue weighted by Crippen LogP contribution is 2.30. The molecule has 9 heteroatoms. The van der Waals surface area contributed by atoms with Crippen LogP contribution in [0.1, 0.15) is 15.9 Å². The van der Waals surface area contributed by atoms with Crippen LogP contribution in [0.15, 0.2) is 73.3 Å². The lowest BCUT2D eigenvalue weighted by atomic mass is 10.0. The topological polar surface area (TPSA) is 117 Å². The zero-order valence-corrected chi connectivity index (χ0v) is 20.0. The highest BCUT2D eigenvalue weighted by atomic mass is 16.5. The van der Waals surface area contributed by atoms with Gasteiger partial charge >= 0.3 is 0 Å². The Hall–Kier alpha value is -4.92. The lowest BCUT2D eigenvalue weighted by Gasteiger charge is -2.13. The number of nitrogen functional groups attached to an aromatic ring is 1. The van der Waals surface area contributed by atoms with E-state index in [4.69, 9.17) is 15.2 Å². The Morgan fingerprint density at radius 1 is 0.972 bits per heavy atom. The fraction of sp³-hybridized carbons (Fsp3) is 0.111. The lowest BCUT2D eigenvalue weighted by molar-refractivity contribution is 0.102. The zero-order valence-electron chi connectivity index (χ0n) is 20.0. The van der Waals surface area contributed by atoms with Crippen molar-refractivity contribution in [2.24, 2.45) is 0 Å². The van der Waals surface area contributed by atoms with Gasteiger partial charge in [-0.05, 0) is 48.9 Å². The summed E-state index contributed by atoms with van der Waals surface area (Å²) in [5.74, 6) is 1.81. The Bertz CT molecular complexity index is 1590. The van der Waals surface area contributed by atoms with Crippen molar-refractivity contribution < 1.29 is 14.3 Å². The molecule has 0 saturated carbocycles. The van der Waals surface area contributed by atoms with Gasteiger partial charge in [0.1, 0.15) is 29.5 Å². The molecular weight excluding hydrogens is 456 g/mol. The fourth-order valence-electron chi connectivity index (χ4n) is 4.03. The van der Waals surface area contributed by atoms with Gasteiger partial charge in [0.25, 0.3) is 5.91 Å². The van der Waals surface area contributed by atoms with Gasteiger partial charge in [-0.1, -0.05) is 6.07 Å². The zero-order chi connectivity index (χ0) is 25.2. The molecule has 1 amide bonds. The van der Waals surface area contributed by atoms with Crippen LogP contribution in [0.4, 0.5) is 11.5 Å². The lowest BCUT2D eigenvalue weighted by Crippen LogP contribution is -2.13. The van der Waals surface area contributed by atoms with Gasteiger partial charge in [-0.2, -0.15) is 0 Å². The monoisotopic (exact) mass is 480 g/mol. The molecule has 0 saturated heterocycles. The van der Waals surface area contributed by atoms with E-state index in [1.54, 1.807) is 31.4 Å². The molecule has 3 aromatic heterocycles. The van der Waals surface area contributed by atoms with Gasteiger partial charge in [0.2, 0.25) is 0 Å². The summed E-state index contributed by atoms with van der Waals surface area (Å²) in [6.45, 7) is 2.00. The molecule has 5 rings (SSSR count). The summed E-state index contributed by atoms with van der Waals surface area (Å²) in [7, 11) is 3.08. The molecule has 0 aliphatic carbocycles. The molecule has 0 bridgehead atoms. The number of carbonyl (C=O) groups is 1. The number of hydrogen-bond acceptors (Lipinski definition) is 7. The van der Waals surface area contributed by atoms with Gasteiger partial charge in [-0.3, -0.25) is 9.78 Å². The van der Waals surface area contributed by atoms with Gasteiger partial charge in [0, 0.05) is 41.2 Å². The standard InChI is InChI=1S/C27H24N6O3/c1-16-4-5-18(32-27(34)20-7-6-19(35-2)11-24(20)36-3)10-21(16)22-12-23-17(14-29-22)8-9-33(23)26-13-25(28)30-15-31-26/h4-15H,1-3H3,(H,32,34)(H2,28,30,31). The van der Waals surface area contributed by atoms with Crippen LogP contribution in [0.5, 0.6) is 11.5 Å². The summed E-state index contributed by atoms with van der Waals surface area (Å²) in [4.78, 5) is 26.0. The van der Waals surface area contributed by atoms with E-state index < -0.39 is 0 Å². The van der Waals surface area contributed by atoms with E-state index in [1.165, 1.54) is 13.4 Å². The normalized spacial score (nSPS) is 10.9. The van der Waals surface area contributed by atoms with Crippen LogP contribution >= 0.6 is 0 Å². The Kier molecular flexibility index (Phi) is 5.95. The predicted molar refractivity (Wildman–Crippen MR) is 139 cm³/mol. The summed E-state index contributed by atoms with van der Waals surface area (Å²) in [5, 5.41) is 3.92. The number of pyridine rings is 1. The van der Waals surface area contributed by atoms with E-state index in [0.29, 0.717) is 34.4 Å². The molecule has 2 aromatic carbocycles. The molecular formula is C27H24N6O3. The van der Waals surface area contributed by atoms with Crippen LogP contribution in [0, 0.1) is 6.92 Å². The van der Waals surface area contributed by atoms with Crippen molar-refractivity contribution in [1.29, 1.82) is 0 Å².